The molecule has 18 aromatic rings. The van der Waals surface area contributed by atoms with Gasteiger partial charge in [-0.05, 0) is 109 Å². The minimum atomic E-state index is 0.461. The van der Waals surface area contributed by atoms with Crippen LogP contribution in [0.25, 0.3) is 115 Å². The van der Waals surface area contributed by atoms with E-state index in [0.29, 0.717) is 15.1 Å². The van der Waals surface area contributed by atoms with Gasteiger partial charge >= 0.3 is 0 Å². The van der Waals surface area contributed by atoms with E-state index in [9.17, 15) is 0 Å². The lowest BCUT2D eigenvalue weighted by Gasteiger charge is -2.26. The van der Waals surface area contributed by atoms with Gasteiger partial charge in [0.25, 0.3) is 0 Å². The Labute approximate surface area is 510 Å². The Morgan fingerprint density at radius 1 is 0.345 bits per heavy atom. The highest BCUT2D eigenvalue weighted by molar-refractivity contribution is 6.44. The summed E-state index contributed by atoms with van der Waals surface area (Å²) in [5.41, 5.74) is 14.6. The van der Waals surface area contributed by atoms with Crippen molar-refractivity contribution in [3.05, 3.63) is 283 Å². The van der Waals surface area contributed by atoms with Crippen molar-refractivity contribution in [1.29, 1.82) is 0 Å². The molecule has 416 valence electrons. The van der Waals surface area contributed by atoms with Gasteiger partial charge < -0.3 is 32.5 Å². The van der Waals surface area contributed by atoms with Gasteiger partial charge in [-0.2, -0.15) is 0 Å². The molecule has 1 N–H and O–H groups in total. The second-order valence-corrected chi connectivity index (χ2v) is 22.1. The maximum Gasteiger partial charge on any atom is 0.159 e. The van der Waals surface area contributed by atoms with Crippen LogP contribution in [0.5, 0.6) is 0 Å². The number of benzene rings is 10. The van der Waals surface area contributed by atoms with Gasteiger partial charge in [-0.1, -0.05) is 168 Å². The van der Waals surface area contributed by atoms with Crippen molar-refractivity contribution < 1.29 is 17.7 Å². The van der Waals surface area contributed by atoms with Crippen LogP contribution in [0, 0.1) is 0 Å². The molecule has 10 aromatic carbocycles. The molecular formula is C74H45Cl3N6O4. The minimum absolute atomic E-state index is 0.461. The molecular weight excluding hydrogens is 1140 g/mol. The topological polar surface area (TPSA) is 106 Å². The second-order valence-electron chi connectivity index (χ2n) is 20.9. The van der Waals surface area contributed by atoms with Crippen LogP contribution in [0.15, 0.2) is 285 Å². The first kappa shape index (κ1) is 51.9. The summed E-state index contributed by atoms with van der Waals surface area (Å²) in [4.78, 5) is 16.5. The molecule has 0 radical (unpaired) electrons. The number of anilines is 6. The fourth-order valence-corrected chi connectivity index (χ4v) is 12.8. The third kappa shape index (κ3) is 8.71. The Hall–Kier alpha value is -10.8. The first-order valence-corrected chi connectivity index (χ1v) is 29.3. The molecule has 8 heterocycles. The van der Waals surface area contributed by atoms with E-state index in [1.807, 2.05) is 163 Å². The fourth-order valence-electron chi connectivity index (χ4n) is 12.1. The lowest BCUT2D eigenvalue weighted by atomic mass is 10.1. The number of hydrogen-bond acceptors (Lipinski definition) is 8. The van der Waals surface area contributed by atoms with Crippen LogP contribution in [0.4, 0.5) is 34.1 Å². The van der Waals surface area contributed by atoms with Gasteiger partial charge in [-0.3, -0.25) is 4.57 Å². The molecule has 0 atom stereocenters. The summed E-state index contributed by atoms with van der Waals surface area (Å²) < 4.78 is 26.9. The minimum Gasteiger partial charge on any atom is -0.462 e. The van der Waals surface area contributed by atoms with Crippen molar-refractivity contribution in [3.8, 4) is 5.69 Å². The predicted molar refractivity (Wildman–Crippen MR) is 357 cm³/mol. The highest BCUT2D eigenvalue weighted by Crippen LogP contribution is 2.50. The maximum atomic E-state index is 7.49. The molecule has 0 unspecified atom stereocenters. The number of nitrogens with zero attached hydrogens (tertiary/aromatic N) is 5. The Morgan fingerprint density at radius 3 is 1.44 bits per heavy atom. The van der Waals surface area contributed by atoms with Crippen LogP contribution in [0.1, 0.15) is 0 Å². The van der Waals surface area contributed by atoms with Gasteiger partial charge in [0, 0.05) is 71.8 Å². The standard InChI is InChI=1S/C37H22ClN3O2.C26H15Cl2NO2.C11H8N2/c38-35-29(16-8-17-30(35)41-28-15-4-1-10-23(28)26-14-9-21-39-37(26)41)40(32-22-42-33-19-5-3-12-27(32)33)31-18-7-13-25-24-11-2-6-20-34(24)43-36(25)31;27-19-10-6-11-20(25(19)28)29(22-15-30-23-13-3-2-8-18(22)23)21-12-5-9-17-16-7-1-4-14-24(16)31-26(17)21;1-2-6-10-8(4-1)9-5-3-7-12-11(9)13-10/h1-22H;1-15H;1-7H,(H,12,13). The number of fused-ring (bicyclic) bond motifs is 14. The molecule has 87 heavy (non-hydrogen) atoms. The van der Waals surface area contributed by atoms with E-state index in [-0.39, 0.29) is 0 Å². The Morgan fingerprint density at radius 2 is 0.805 bits per heavy atom. The number of halogens is 3. The first-order valence-electron chi connectivity index (χ1n) is 28.2. The normalized spacial score (nSPS) is 11.6. The van der Waals surface area contributed by atoms with Crippen LogP contribution in [0.3, 0.4) is 0 Å². The molecule has 10 nitrogen and oxygen atoms in total. The number of aromatic amines is 1. The van der Waals surface area contributed by atoms with Gasteiger partial charge in [0.1, 0.15) is 46.2 Å². The average Bonchev–Trinajstić information content (AvgIpc) is 1.93. The Balaban J connectivity index is 0.000000120. The number of furan rings is 4. The molecule has 0 saturated carbocycles. The molecule has 0 aliphatic carbocycles. The van der Waals surface area contributed by atoms with Crippen LogP contribution in [0.2, 0.25) is 15.1 Å². The summed E-state index contributed by atoms with van der Waals surface area (Å²) in [6, 6.07) is 80.8. The van der Waals surface area contributed by atoms with Crippen LogP contribution in [-0.2, 0) is 0 Å². The highest BCUT2D eigenvalue weighted by atomic mass is 35.5. The molecule has 0 bridgehead atoms. The van der Waals surface area contributed by atoms with Gasteiger partial charge in [0.15, 0.2) is 11.2 Å². The lowest BCUT2D eigenvalue weighted by Crippen LogP contribution is -2.11. The number of H-pyrrole nitrogens is 1. The van der Waals surface area contributed by atoms with E-state index in [2.05, 4.69) is 104 Å². The predicted octanol–water partition coefficient (Wildman–Crippen LogP) is 22.8. The number of pyridine rings is 2. The lowest BCUT2D eigenvalue weighted by molar-refractivity contribution is 0.616. The van der Waals surface area contributed by atoms with Crippen molar-refractivity contribution in [2.75, 3.05) is 9.80 Å². The number of rotatable bonds is 7. The molecule has 8 aromatic heterocycles. The van der Waals surface area contributed by atoms with Gasteiger partial charge in [0.2, 0.25) is 0 Å². The van der Waals surface area contributed by atoms with Gasteiger partial charge in [-0.25, -0.2) is 9.97 Å². The van der Waals surface area contributed by atoms with Crippen molar-refractivity contribution in [3.63, 3.8) is 0 Å². The number of para-hydroxylation sites is 8. The SMILES string of the molecule is Clc1c(N(c2coc3ccccc23)c2cccc3c2oc2ccccc23)cccc1-n1c2ccccc2c2cccnc21.Clc1cccc(N(c2coc3ccccc23)c2cccc3c2oc2ccccc23)c1Cl.c1ccc2c(c1)[nH]c1ncccc12. The summed E-state index contributed by atoms with van der Waals surface area (Å²) in [7, 11) is 0. The largest absolute Gasteiger partial charge is 0.462 e. The smallest absolute Gasteiger partial charge is 0.159 e. The molecule has 0 aliphatic rings. The van der Waals surface area contributed by atoms with E-state index in [1.54, 1.807) is 24.8 Å². The summed E-state index contributed by atoms with van der Waals surface area (Å²) >= 11 is 20.6. The van der Waals surface area contributed by atoms with Crippen LogP contribution < -0.4 is 9.80 Å². The molecule has 18 rings (SSSR count). The maximum absolute atomic E-state index is 7.49. The van der Waals surface area contributed by atoms with E-state index in [4.69, 9.17) is 57.5 Å². The molecule has 0 aliphatic heterocycles. The monoisotopic (exact) mass is 1190 g/mol. The molecule has 0 saturated heterocycles. The number of nitrogens with one attached hydrogen (secondary N) is 1. The molecule has 0 spiro atoms. The summed E-state index contributed by atoms with van der Waals surface area (Å²) in [6.07, 6.45) is 7.15. The zero-order valence-corrected chi connectivity index (χ0v) is 48.2. The second kappa shape index (κ2) is 21.4. The Bertz CT molecular complexity index is 5550. The highest BCUT2D eigenvalue weighted by Gasteiger charge is 2.28. The van der Waals surface area contributed by atoms with Gasteiger partial charge in [0.05, 0.1) is 60.4 Å². The molecule has 13 heteroatoms. The third-order valence-corrected chi connectivity index (χ3v) is 17.2. The zero-order chi connectivity index (χ0) is 58.1. The molecule has 0 fully saturated rings. The van der Waals surface area contributed by atoms with Crippen LogP contribution >= 0.6 is 34.8 Å². The zero-order valence-electron chi connectivity index (χ0n) is 45.9. The summed E-state index contributed by atoms with van der Waals surface area (Å²) in [6.45, 7) is 0. The van der Waals surface area contributed by atoms with Crippen molar-refractivity contribution >= 4 is 179 Å². The average molecular weight is 1190 g/mol. The fraction of sp³-hybridized carbons (Fsp3) is 0. The van der Waals surface area contributed by atoms with E-state index in [1.165, 1.54) is 10.8 Å². The first-order chi connectivity index (χ1) is 42.9. The van der Waals surface area contributed by atoms with Crippen LogP contribution in [-0.4, -0.2) is 19.5 Å². The van der Waals surface area contributed by atoms with Crippen molar-refractivity contribution in [2.45, 2.75) is 0 Å². The van der Waals surface area contributed by atoms with E-state index < -0.39 is 0 Å². The number of hydrogen-bond donors (Lipinski definition) is 1. The van der Waals surface area contributed by atoms with Crippen molar-refractivity contribution in [2.24, 2.45) is 0 Å². The van der Waals surface area contributed by atoms with E-state index >= 15 is 0 Å². The van der Waals surface area contributed by atoms with E-state index in [0.717, 1.165) is 139 Å². The molecule has 0 amide bonds. The summed E-state index contributed by atoms with van der Waals surface area (Å²) in [5, 5.41) is 12.3. The summed E-state index contributed by atoms with van der Waals surface area (Å²) in [5.74, 6) is 0. The third-order valence-electron chi connectivity index (χ3n) is 16.0. The quantitative estimate of drug-likeness (QED) is 0.168. The Kier molecular flexibility index (Phi) is 12.8. The number of aromatic nitrogens is 4. The van der Waals surface area contributed by atoms with Gasteiger partial charge in [-0.15, -0.1) is 0 Å². The van der Waals surface area contributed by atoms with Crippen molar-refractivity contribution in [1.82, 2.24) is 19.5 Å².